The van der Waals surface area contributed by atoms with Crippen LogP contribution in [0.25, 0.3) is 0 Å². The Hall–Kier alpha value is -0.900. The molecule has 21 heavy (non-hydrogen) atoms. The smallest absolute Gasteiger partial charge is 0.0362 e. The predicted octanol–water partition coefficient (Wildman–Crippen LogP) is 2.25. The summed E-state index contributed by atoms with van der Waals surface area (Å²) in [5.41, 5.74) is 9.53. The normalized spacial score (nSPS) is 31.7. The van der Waals surface area contributed by atoms with Gasteiger partial charge in [0.1, 0.15) is 0 Å². The maximum absolute atomic E-state index is 6.29. The second-order valence-electron chi connectivity index (χ2n) is 7.01. The van der Waals surface area contributed by atoms with E-state index in [1.54, 1.807) is 0 Å². The molecule has 3 rings (SSSR count). The Morgan fingerprint density at radius 1 is 1.24 bits per heavy atom. The van der Waals surface area contributed by atoms with E-state index < -0.39 is 0 Å². The molecule has 0 aromatic heterocycles. The molecule has 0 amide bonds. The average Bonchev–Trinajstić information content (AvgIpc) is 2.73. The quantitative estimate of drug-likeness (QED) is 0.905. The highest BCUT2D eigenvalue weighted by Crippen LogP contribution is 2.34. The van der Waals surface area contributed by atoms with Gasteiger partial charge in [-0.05, 0) is 63.9 Å². The molecular formula is C18H29N3. The Balaban J connectivity index is 1.84. The van der Waals surface area contributed by atoms with Gasteiger partial charge in [0.15, 0.2) is 0 Å². The number of benzene rings is 1. The summed E-state index contributed by atoms with van der Waals surface area (Å²) in [5, 5.41) is 0. The molecule has 3 heteroatoms. The number of hydrogen-bond acceptors (Lipinski definition) is 3. The summed E-state index contributed by atoms with van der Waals surface area (Å²) in [6.45, 7) is 6.55. The first-order valence-electron chi connectivity index (χ1n) is 8.37. The van der Waals surface area contributed by atoms with Crippen molar-refractivity contribution in [1.82, 2.24) is 9.80 Å². The summed E-state index contributed by atoms with van der Waals surface area (Å²) in [4.78, 5) is 5.17. The van der Waals surface area contributed by atoms with Crippen molar-refractivity contribution in [3.63, 3.8) is 0 Å². The number of likely N-dealkylation sites (tertiary alicyclic amines) is 1. The second-order valence-corrected chi connectivity index (χ2v) is 7.01. The largest absolute Gasteiger partial charge is 0.329 e. The first-order valence-corrected chi connectivity index (χ1v) is 8.37. The number of piperidine rings is 1. The zero-order chi connectivity index (χ0) is 14.9. The zero-order valence-electron chi connectivity index (χ0n) is 13.5. The van der Waals surface area contributed by atoms with E-state index in [-0.39, 0.29) is 5.54 Å². The van der Waals surface area contributed by atoms with Gasteiger partial charge in [0.25, 0.3) is 0 Å². The summed E-state index contributed by atoms with van der Waals surface area (Å²) in [6.07, 6.45) is 4.86. The molecule has 2 aliphatic heterocycles. The molecule has 1 aromatic carbocycles. The number of nitrogens with zero attached hydrogens (tertiary/aromatic N) is 2. The van der Waals surface area contributed by atoms with Crippen molar-refractivity contribution in [3.8, 4) is 0 Å². The Morgan fingerprint density at radius 3 is 2.71 bits per heavy atom. The van der Waals surface area contributed by atoms with E-state index in [1.165, 1.54) is 43.4 Å². The Kier molecular flexibility index (Phi) is 4.34. The van der Waals surface area contributed by atoms with E-state index in [4.69, 9.17) is 5.73 Å². The van der Waals surface area contributed by atoms with Crippen molar-refractivity contribution in [2.24, 2.45) is 5.73 Å². The van der Waals surface area contributed by atoms with Gasteiger partial charge in [-0.2, -0.15) is 0 Å². The number of rotatable bonds is 2. The molecule has 2 heterocycles. The third kappa shape index (κ3) is 2.87. The number of nitrogens with two attached hydrogens (primary N) is 1. The lowest BCUT2D eigenvalue weighted by Crippen LogP contribution is -2.60. The summed E-state index contributed by atoms with van der Waals surface area (Å²) < 4.78 is 0. The number of hydrogen-bond donors (Lipinski definition) is 1. The SMILES string of the molecule is CC1CC(CN)(N2CCCc3ccccc3C2)CCN1C. The highest BCUT2D eigenvalue weighted by molar-refractivity contribution is 5.28. The van der Waals surface area contributed by atoms with E-state index in [2.05, 4.69) is 48.0 Å². The van der Waals surface area contributed by atoms with Crippen molar-refractivity contribution in [2.45, 2.75) is 50.7 Å². The minimum Gasteiger partial charge on any atom is -0.329 e. The molecule has 1 saturated heterocycles. The van der Waals surface area contributed by atoms with Crippen LogP contribution in [-0.4, -0.2) is 48.1 Å². The maximum Gasteiger partial charge on any atom is 0.0362 e. The molecule has 0 radical (unpaired) electrons. The summed E-state index contributed by atoms with van der Waals surface area (Å²) in [6, 6.07) is 9.57. The molecule has 0 aliphatic carbocycles. The fourth-order valence-electron chi connectivity index (χ4n) is 4.12. The molecule has 0 saturated carbocycles. The van der Waals surface area contributed by atoms with Crippen LogP contribution in [0, 0.1) is 0 Å². The van der Waals surface area contributed by atoms with Gasteiger partial charge in [-0.25, -0.2) is 0 Å². The zero-order valence-corrected chi connectivity index (χ0v) is 13.5. The molecule has 3 nitrogen and oxygen atoms in total. The molecule has 1 aromatic rings. The van der Waals surface area contributed by atoms with Crippen molar-refractivity contribution < 1.29 is 0 Å². The molecule has 0 bridgehead atoms. The van der Waals surface area contributed by atoms with Gasteiger partial charge >= 0.3 is 0 Å². The van der Waals surface area contributed by atoms with Crippen molar-refractivity contribution in [3.05, 3.63) is 35.4 Å². The van der Waals surface area contributed by atoms with E-state index >= 15 is 0 Å². The Labute approximate surface area is 129 Å². The molecule has 2 aliphatic rings. The Morgan fingerprint density at radius 2 is 2.00 bits per heavy atom. The van der Waals surface area contributed by atoms with Gasteiger partial charge in [-0.15, -0.1) is 0 Å². The molecule has 2 N–H and O–H groups in total. The van der Waals surface area contributed by atoms with Crippen LogP contribution >= 0.6 is 0 Å². The average molecular weight is 287 g/mol. The van der Waals surface area contributed by atoms with Gasteiger partial charge in [0.2, 0.25) is 0 Å². The predicted molar refractivity (Wildman–Crippen MR) is 88.3 cm³/mol. The fraction of sp³-hybridized carbons (Fsp3) is 0.667. The van der Waals surface area contributed by atoms with Crippen LogP contribution in [0.2, 0.25) is 0 Å². The lowest BCUT2D eigenvalue weighted by molar-refractivity contribution is 0.00577. The van der Waals surface area contributed by atoms with Crippen LogP contribution in [0.15, 0.2) is 24.3 Å². The highest BCUT2D eigenvalue weighted by Gasteiger charge is 2.41. The monoisotopic (exact) mass is 287 g/mol. The first kappa shape index (κ1) is 15.0. The van der Waals surface area contributed by atoms with Crippen LogP contribution in [0.5, 0.6) is 0 Å². The first-order chi connectivity index (χ1) is 10.1. The van der Waals surface area contributed by atoms with Gasteiger partial charge in [0, 0.05) is 24.7 Å². The minimum absolute atomic E-state index is 0.198. The van der Waals surface area contributed by atoms with Crippen LogP contribution in [0.1, 0.15) is 37.3 Å². The number of fused-ring (bicyclic) bond motifs is 1. The van der Waals surface area contributed by atoms with E-state index in [0.29, 0.717) is 6.04 Å². The lowest BCUT2D eigenvalue weighted by Gasteiger charge is -2.50. The van der Waals surface area contributed by atoms with Crippen LogP contribution in [-0.2, 0) is 13.0 Å². The molecule has 2 unspecified atom stereocenters. The topological polar surface area (TPSA) is 32.5 Å². The number of aryl methyl sites for hydroxylation is 1. The molecule has 2 atom stereocenters. The van der Waals surface area contributed by atoms with Crippen molar-refractivity contribution >= 4 is 0 Å². The molecule has 1 fully saturated rings. The third-order valence-electron chi connectivity index (χ3n) is 5.76. The summed E-state index contributed by atoms with van der Waals surface area (Å²) in [7, 11) is 2.24. The Bertz CT molecular complexity index is 487. The summed E-state index contributed by atoms with van der Waals surface area (Å²) in [5.74, 6) is 0. The van der Waals surface area contributed by atoms with Crippen molar-refractivity contribution in [1.29, 1.82) is 0 Å². The molecule has 0 spiro atoms. The maximum atomic E-state index is 6.29. The van der Waals surface area contributed by atoms with Crippen LogP contribution in [0.3, 0.4) is 0 Å². The standard InChI is InChI=1S/C18H29N3/c1-15-12-18(14-19,9-11-20(15)2)21-10-5-8-16-6-3-4-7-17(16)13-21/h3-4,6-7,15H,5,8-14,19H2,1-2H3. The van der Waals surface area contributed by atoms with Gasteiger partial charge in [-0.1, -0.05) is 24.3 Å². The molecule has 116 valence electrons. The van der Waals surface area contributed by atoms with Crippen LogP contribution < -0.4 is 5.73 Å². The van der Waals surface area contributed by atoms with E-state index in [0.717, 1.165) is 19.6 Å². The van der Waals surface area contributed by atoms with Gasteiger partial charge in [0.05, 0.1) is 0 Å². The third-order valence-corrected chi connectivity index (χ3v) is 5.76. The highest BCUT2D eigenvalue weighted by atomic mass is 15.2. The van der Waals surface area contributed by atoms with Crippen LogP contribution in [0.4, 0.5) is 0 Å². The minimum atomic E-state index is 0.198. The summed E-state index contributed by atoms with van der Waals surface area (Å²) >= 11 is 0. The molecular weight excluding hydrogens is 258 g/mol. The van der Waals surface area contributed by atoms with Gasteiger partial charge in [-0.3, -0.25) is 4.90 Å². The van der Waals surface area contributed by atoms with Gasteiger partial charge < -0.3 is 10.6 Å². The second kappa shape index (κ2) is 6.07. The van der Waals surface area contributed by atoms with E-state index in [9.17, 15) is 0 Å². The van der Waals surface area contributed by atoms with E-state index in [1.807, 2.05) is 0 Å². The lowest BCUT2D eigenvalue weighted by atomic mass is 9.81. The van der Waals surface area contributed by atoms with Crippen molar-refractivity contribution in [2.75, 3.05) is 26.7 Å². The fourth-order valence-corrected chi connectivity index (χ4v) is 4.12.